The van der Waals surface area contributed by atoms with Crippen LogP contribution in [0.25, 0.3) is 0 Å². The van der Waals surface area contributed by atoms with Crippen LogP contribution in [-0.4, -0.2) is 6.41 Å². The van der Waals surface area contributed by atoms with Crippen LogP contribution in [0.2, 0.25) is 0 Å². The minimum absolute atomic E-state index is 0.300. The van der Waals surface area contributed by atoms with Crippen molar-refractivity contribution in [2.75, 3.05) is 5.32 Å². The second-order valence-electron chi connectivity index (χ2n) is 2.70. The predicted octanol–water partition coefficient (Wildman–Crippen LogP) is 1.31. The minimum atomic E-state index is 0.300. The molecule has 0 atom stereocenters. The van der Waals surface area contributed by atoms with Crippen LogP contribution in [0.5, 0.6) is 0 Å². The van der Waals surface area contributed by atoms with E-state index in [4.69, 9.17) is 10.5 Å². The van der Waals surface area contributed by atoms with E-state index in [0.29, 0.717) is 28.8 Å². The van der Waals surface area contributed by atoms with Gasteiger partial charge in [-0.15, -0.1) is 0 Å². The maximum Gasteiger partial charge on any atom is 0.211 e. The average Bonchev–Trinajstić information content (AvgIpc) is 2.20. The van der Waals surface area contributed by atoms with Gasteiger partial charge in [0.25, 0.3) is 0 Å². The first-order chi connectivity index (χ1) is 6.72. The lowest BCUT2D eigenvalue weighted by Gasteiger charge is -2.06. The molecule has 4 nitrogen and oxygen atoms in total. The van der Waals surface area contributed by atoms with Gasteiger partial charge in [0, 0.05) is 0 Å². The van der Waals surface area contributed by atoms with E-state index in [9.17, 15) is 4.79 Å². The van der Waals surface area contributed by atoms with Crippen molar-refractivity contribution >= 4 is 12.1 Å². The molecule has 0 spiro atoms. The lowest BCUT2D eigenvalue weighted by atomic mass is 10.0. The number of nitriles is 2. The van der Waals surface area contributed by atoms with E-state index in [-0.39, 0.29) is 0 Å². The Morgan fingerprint density at radius 1 is 1.36 bits per heavy atom. The van der Waals surface area contributed by atoms with Gasteiger partial charge in [0.2, 0.25) is 6.41 Å². The Labute approximate surface area is 81.4 Å². The molecule has 1 rings (SSSR count). The molecule has 0 unspecified atom stereocenters. The number of benzene rings is 1. The first-order valence-electron chi connectivity index (χ1n) is 3.88. The molecule has 0 radical (unpaired) electrons. The van der Waals surface area contributed by atoms with E-state index < -0.39 is 0 Å². The molecule has 1 amide bonds. The fraction of sp³-hybridized carbons (Fsp3) is 0.100. The van der Waals surface area contributed by atoms with Gasteiger partial charge in [-0.25, -0.2) is 0 Å². The number of nitrogens with one attached hydrogen (secondary N) is 1. The topological polar surface area (TPSA) is 76.7 Å². The monoisotopic (exact) mass is 185 g/mol. The molecule has 0 aliphatic heterocycles. The number of carbonyl (C=O) groups excluding carboxylic acids is 1. The quantitative estimate of drug-likeness (QED) is 0.705. The summed E-state index contributed by atoms with van der Waals surface area (Å²) in [6, 6.07) is 6.93. The maximum atomic E-state index is 10.3. The normalized spacial score (nSPS) is 8.50. The largest absolute Gasteiger partial charge is 0.327 e. The lowest BCUT2D eigenvalue weighted by molar-refractivity contribution is -0.105. The number of aryl methyl sites for hydroxylation is 1. The molecule has 4 heteroatoms. The van der Waals surface area contributed by atoms with Gasteiger partial charge in [-0.05, 0) is 24.6 Å². The standard InChI is InChI=1S/C10H7N3O/c1-7-2-8(4-11)3-9(5-12)10(7)13-6-14/h2-3,6H,1H3,(H,13,14). The van der Waals surface area contributed by atoms with Crippen molar-refractivity contribution in [3.05, 3.63) is 28.8 Å². The summed E-state index contributed by atoms with van der Waals surface area (Å²) in [7, 11) is 0. The van der Waals surface area contributed by atoms with Gasteiger partial charge in [0.05, 0.1) is 22.9 Å². The summed E-state index contributed by atoms with van der Waals surface area (Å²) in [6.07, 6.45) is 0.509. The van der Waals surface area contributed by atoms with E-state index in [1.165, 1.54) is 6.07 Å². The average molecular weight is 185 g/mol. The van der Waals surface area contributed by atoms with Crippen molar-refractivity contribution in [1.29, 1.82) is 10.5 Å². The van der Waals surface area contributed by atoms with E-state index in [1.54, 1.807) is 13.0 Å². The number of carbonyl (C=O) groups is 1. The third-order valence-electron chi connectivity index (χ3n) is 1.79. The molecule has 68 valence electrons. The Bertz CT molecular complexity index is 452. The van der Waals surface area contributed by atoms with Gasteiger partial charge in [0.15, 0.2) is 0 Å². The van der Waals surface area contributed by atoms with Crippen molar-refractivity contribution in [3.63, 3.8) is 0 Å². The molecule has 14 heavy (non-hydrogen) atoms. The van der Waals surface area contributed by atoms with Crippen molar-refractivity contribution in [2.24, 2.45) is 0 Å². The first-order valence-corrected chi connectivity index (χ1v) is 3.88. The molecule has 1 aromatic rings. The smallest absolute Gasteiger partial charge is 0.211 e. The fourth-order valence-corrected chi connectivity index (χ4v) is 1.19. The van der Waals surface area contributed by atoms with Gasteiger partial charge in [-0.2, -0.15) is 10.5 Å². The van der Waals surface area contributed by atoms with Crippen LogP contribution in [0.1, 0.15) is 16.7 Å². The lowest BCUT2D eigenvalue weighted by Crippen LogP contribution is -2.00. The van der Waals surface area contributed by atoms with Crippen LogP contribution >= 0.6 is 0 Å². The molecule has 0 aliphatic rings. The predicted molar refractivity (Wildman–Crippen MR) is 50.3 cm³/mol. The number of hydrogen-bond donors (Lipinski definition) is 1. The van der Waals surface area contributed by atoms with Crippen LogP contribution in [0, 0.1) is 29.6 Å². The Balaban J connectivity index is 3.38. The molecule has 0 aliphatic carbocycles. The van der Waals surface area contributed by atoms with E-state index in [2.05, 4.69) is 5.32 Å². The number of hydrogen-bond acceptors (Lipinski definition) is 3. The number of nitrogens with zero attached hydrogens (tertiary/aromatic N) is 2. The van der Waals surface area contributed by atoms with Crippen molar-refractivity contribution in [1.82, 2.24) is 0 Å². The minimum Gasteiger partial charge on any atom is -0.327 e. The second-order valence-corrected chi connectivity index (χ2v) is 2.70. The Morgan fingerprint density at radius 3 is 2.57 bits per heavy atom. The molecule has 0 heterocycles. The van der Waals surface area contributed by atoms with Crippen LogP contribution in [-0.2, 0) is 4.79 Å². The molecule has 0 saturated carbocycles. The summed E-state index contributed by atoms with van der Waals surface area (Å²) < 4.78 is 0. The summed E-state index contributed by atoms with van der Waals surface area (Å²) >= 11 is 0. The summed E-state index contributed by atoms with van der Waals surface area (Å²) in [6.45, 7) is 1.73. The van der Waals surface area contributed by atoms with Crippen LogP contribution in [0.4, 0.5) is 5.69 Å². The summed E-state index contributed by atoms with van der Waals surface area (Å²) in [4.78, 5) is 10.3. The zero-order chi connectivity index (χ0) is 10.6. The summed E-state index contributed by atoms with van der Waals surface area (Å²) in [5.74, 6) is 0. The first kappa shape index (κ1) is 9.76. The van der Waals surface area contributed by atoms with Crippen molar-refractivity contribution in [2.45, 2.75) is 6.92 Å². The fourth-order valence-electron chi connectivity index (χ4n) is 1.19. The van der Waals surface area contributed by atoms with E-state index in [0.717, 1.165) is 0 Å². The molecule has 1 aromatic carbocycles. The third kappa shape index (κ3) is 1.70. The molecule has 0 aromatic heterocycles. The van der Waals surface area contributed by atoms with Crippen LogP contribution in [0.15, 0.2) is 12.1 Å². The highest BCUT2D eigenvalue weighted by atomic mass is 16.1. The van der Waals surface area contributed by atoms with Gasteiger partial charge in [-0.3, -0.25) is 4.79 Å². The zero-order valence-corrected chi connectivity index (χ0v) is 7.53. The highest BCUT2D eigenvalue weighted by Gasteiger charge is 2.06. The van der Waals surface area contributed by atoms with Crippen LogP contribution < -0.4 is 5.32 Å². The van der Waals surface area contributed by atoms with Gasteiger partial charge in [-0.1, -0.05) is 0 Å². The Morgan fingerprint density at radius 2 is 2.07 bits per heavy atom. The highest BCUT2D eigenvalue weighted by Crippen LogP contribution is 2.21. The van der Waals surface area contributed by atoms with E-state index in [1.807, 2.05) is 12.1 Å². The number of rotatable bonds is 2. The molecule has 0 saturated heterocycles. The van der Waals surface area contributed by atoms with Crippen LogP contribution in [0.3, 0.4) is 0 Å². The van der Waals surface area contributed by atoms with Gasteiger partial charge in [0.1, 0.15) is 6.07 Å². The molecular formula is C10H7N3O. The zero-order valence-electron chi connectivity index (χ0n) is 7.53. The highest BCUT2D eigenvalue weighted by molar-refractivity contribution is 5.78. The Kier molecular flexibility index (Phi) is 2.83. The van der Waals surface area contributed by atoms with Gasteiger partial charge >= 0.3 is 0 Å². The van der Waals surface area contributed by atoms with E-state index >= 15 is 0 Å². The maximum absolute atomic E-state index is 10.3. The van der Waals surface area contributed by atoms with Crippen molar-refractivity contribution < 1.29 is 4.79 Å². The Hall–Kier alpha value is -2.33. The SMILES string of the molecule is Cc1cc(C#N)cc(C#N)c1NC=O. The summed E-state index contributed by atoms with van der Waals surface area (Å²) in [5.41, 5.74) is 1.87. The molecule has 0 bridgehead atoms. The summed E-state index contributed by atoms with van der Waals surface area (Å²) in [5, 5.41) is 19.9. The van der Waals surface area contributed by atoms with Crippen molar-refractivity contribution in [3.8, 4) is 12.1 Å². The number of amides is 1. The van der Waals surface area contributed by atoms with Gasteiger partial charge < -0.3 is 5.32 Å². The third-order valence-corrected chi connectivity index (χ3v) is 1.79. The molecule has 1 N–H and O–H groups in total. The second kappa shape index (κ2) is 4.06. The molecule has 0 fully saturated rings. The molecular weight excluding hydrogens is 178 g/mol. The number of anilines is 1.